The zero-order valence-corrected chi connectivity index (χ0v) is 9.20. The van der Waals surface area contributed by atoms with Gasteiger partial charge in [0.15, 0.2) is 0 Å². The first-order valence-electron chi connectivity index (χ1n) is 4.88. The first kappa shape index (κ1) is 17.2. The normalized spacial score (nSPS) is 16.2. The second-order valence-corrected chi connectivity index (χ2v) is 2.77. The van der Waals surface area contributed by atoms with Gasteiger partial charge in [-0.05, 0) is 13.8 Å². The predicted molar refractivity (Wildman–Crippen MR) is 54.4 cm³/mol. The molecule has 0 amide bonds. The predicted octanol–water partition coefficient (Wildman–Crippen LogP) is -1.90. The van der Waals surface area contributed by atoms with E-state index in [1.54, 1.807) is 0 Å². The molecular formula is C9H22O6. The van der Waals surface area contributed by atoms with E-state index in [1.807, 2.05) is 13.8 Å². The van der Waals surface area contributed by atoms with E-state index in [4.69, 9.17) is 30.3 Å². The molecule has 0 saturated carbocycles. The van der Waals surface area contributed by atoms with Crippen molar-refractivity contribution in [1.82, 2.24) is 0 Å². The van der Waals surface area contributed by atoms with Crippen LogP contribution in [-0.4, -0.2) is 70.3 Å². The average molecular weight is 226 g/mol. The summed E-state index contributed by atoms with van der Waals surface area (Å²) in [5, 5.41) is 42.6. The third kappa shape index (κ3) is 10.1. The fourth-order valence-electron chi connectivity index (χ4n) is 0.677. The summed E-state index contributed by atoms with van der Waals surface area (Å²) in [6, 6.07) is 0. The van der Waals surface area contributed by atoms with Crippen LogP contribution in [0, 0.1) is 0 Å². The summed E-state index contributed by atoms with van der Waals surface area (Å²) in [7, 11) is 0. The highest BCUT2D eigenvalue weighted by Crippen LogP contribution is 1.97. The Hall–Kier alpha value is -0.240. The molecule has 0 saturated heterocycles. The van der Waals surface area contributed by atoms with Gasteiger partial charge in [0.1, 0.15) is 18.3 Å². The molecule has 0 heterocycles. The average Bonchev–Trinajstić information content (AvgIpc) is 2.27. The Balaban J connectivity index is 0. The molecule has 0 aromatic rings. The molecule has 0 aliphatic carbocycles. The van der Waals surface area contributed by atoms with Gasteiger partial charge >= 0.3 is 0 Å². The Kier molecular flexibility index (Phi) is 13.5. The molecule has 15 heavy (non-hydrogen) atoms. The first-order valence-corrected chi connectivity index (χ1v) is 4.88. The molecule has 0 aromatic heterocycles. The summed E-state index contributed by atoms with van der Waals surface area (Å²) in [4.78, 5) is 0. The van der Waals surface area contributed by atoms with E-state index in [1.165, 1.54) is 0 Å². The highest BCUT2D eigenvalue weighted by Gasteiger charge is 2.22. The summed E-state index contributed by atoms with van der Waals surface area (Å²) in [6.45, 7) is 4.39. The Morgan fingerprint density at radius 2 is 1.20 bits per heavy atom. The SMILES string of the molecule is CCOCC.OC[C@@H](O)[C@@H](O)[C@@H](O)CO. The third-order valence-electron chi connectivity index (χ3n) is 1.57. The standard InChI is InChI=1S/C5H12O5.C4H10O/c6-1-3(8)5(10)4(9)2-7;1-3-5-4-2/h3-10H,1-2H2;3-4H2,1-2H3/t3-,4+,5-;. The smallest absolute Gasteiger partial charge is 0.110 e. The lowest BCUT2D eigenvalue weighted by Gasteiger charge is -2.19. The van der Waals surface area contributed by atoms with Crippen LogP contribution in [0.2, 0.25) is 0 Å². The molecule has 0 aromatic carbocycles. The number of hydrogen-bond donors (Lipinski definition) is 5. The van der Waals surface area contributed by atoms with Crippen LogP contribution < -0.4 is 0 Å². The highest BCUT2D eigenvalue weighted by molar-refractivity contribution is 4.73. The molecule has 5 N–H and O–H groups in total. The fraction of sp³-hybridized carbons (Fsp3) is 1.00. The second-order valence-electron chi connectivity index (χ2n) is 2.77. The van der Waals surface area contributed by atoms with Crippen LogP contribution in [-0.2, 0) is 4.74 Å². The number of rotatable bonds is 6. The van der Waals surface area contributed by atoms with E-state index in [0.717, 1.165) is 13.2 Å². The largest absolute Gasteiger partial charge is 0.394 e. The minimum Gasteiger partial charge on any atom is -0.394 e. The molecule has 6 nitrogen and oxygen atoms in total. The molecular weight excluding hydrogens is 204 g/mol. The van der Waals surface area contributed by atoms with Crippen LogP contribution >= 0.6 is 0 Å². The van der Waals surface area contributed by atoms with Crippen LogP contribution in [0.4, 0.5) is 0 Å². The van der Waals surface area contributed by atoms with Gasteiger partial charge in [-0.3, -0.25) is 0 Å². The van der Waals surface area contributed by atoms with Gasteiger partial charge < -0.3 is 30.3 Å². The van der Waals surface area contributed by atoms with Gasteiger partial charge in [-0.1, -0.05) is 0 Å². The van der Waals surface area contributed by atoms with Crippen molar-refractivity contribution in [2.24, 2.45) is 0 Å². The Bertz CT molecular complexity index is 109. The summed E-state index contributed by atoms with van der Waals surface area (Å²) >= 11 is 0. The maximum absolute atomic E-state index is 8.77. The summed E-state index contributed by atoms with van der Waals surface area (Å²) in [6.07, 6.45) is -4.29. The quantitative estimate of drug-likeness (QED) is 0.362. The van der Waals surface area contributed by atoms with Crippen LogP contribution in [0.25, 0.3) is 0 Å². The van der Waals surface area contributed by atoms with Crippen LogP contribution in [0.5, 0.6) is 0 Å². The maximum Gasteiger partial charge on any atom is 0.110 e. The van der Waals surface area contributed by atoms with E-state index in [2.05, 4.69) is 0 Å². The Morgan fingerprint density at radius 1 is 0.867 bits per heavy atom. The van der Waals surface area contributed by atoms with Crippen molar-refractivity contribution in [2.75, 3.05) is 26.4 Å². The number of hydrogen-bond acceptors (Lipinski definition) is 6. The monoisotopic (exact) mass is 226 g/mol. The Labute approximate surface area is 89.7 Å². The second kappa shape index (κ2) is 11.8. The fourth-order valence-corrected chi connectivity index (χ4v) is 0.677. The maximum atomic E-state index is 8.77. The van der Waals surface area contributed by atoms with Crippen molar-refractivity contribution in [1.29, 1.82) is 0 Å². The summed E-state index contributed by atoms with van der Waals surface area (Å²) < 4.78 is 4.83. The van der Waals surface area contributed by atoms with Crippen molar-refractivity contribution in [3.05, 3.63) is 0 Å². The van der Waals surface area contributed by atoms with Crippen molar-refractivity contribution < 1.29 is 30.3 Å². The summed E-state index contributed by atoms with van der Waals surface area (Å²) in [5.74, 6) is 0. The summed E-state index contributed by atoms with van der Waals surface area (Å²) in [5.41, 5.74) is 0. The van der Waals surface area contributed by atoms with Gasteiger partial charge in [-0.15, -0.1) is 0 Å². The minimum absolute atomic E-state index is 0.641. The number of aliphatic hydroxyl groups is 5. The first-order chi connectivity index (χ1) is 7.04. The van der Waals surface area contributed by atoms with E-state index >= 15 is 0 Å². The molecule has 0 bridgehead atoms. The van der Waals surface area contributed by atoms with Crippen LogP contribution in [0.1, 0.15) is 13.8 Å². The van der Waals surface area contributed by atoms with Gasteiger partial charge in [0.25, 0.3) is 0 Å². The zero-order valence-electron chi connectivity index (χ0n) is 9.20. The van der Waals surface area contributed by atoms with Crippen molar-refractivity contribution in [2.45, 2.75) is 32.2 Å². The molecule has 0 rings (SSSR count). The van der Waals surface area contributed by atoms with Gasteiger partial charge in [-0.2, -0.15) is 0 Å². The lowest BCUT2D eigenvalue weighted by Crippen LogP contribution is -2.41. The molecule has 94 valence electrons. The van der Waals surface area contributed by atoms with E-state index in [0.29, 0.717) is 0 Å². The highest BCUT2D eigenvalue weighted by atomic mass is 16.5. The lowest BCUT2D eigenvalue weighted by molar-refractivity contribution is -0.0900. The van der Waals surface area contributed by atoms with Crippen molar-refractivity contribution >= 4 is 0 Å². The van der Waals surface area contributed by atoms with Crippen molar-refractivity contribution in [3.63, 3.8) is 0 Å². The topological polar surface area (TPSA) is 110 Å². The number of ether oxygens (including phenoxy) is 1. The minimum atomic E-state index is -1.49. The van der Waals surface area contributed by atoms with E-state index < -0.39 is 31.5 Å². The third-order valence-corrected chi connectivity index (χ3v) is 1.57. The number of aliphatic hydroxyl groups excluding tert-OH is 5. The molecule has 3 atom stereocenters. The van der Waals surface area contributed by atoms with Gasteiger partial charge in [0.05, 0.1) is 13.2 Å². The van der Waals surface area contributed by atoms with Crippen LogP contribution in [0.3, 0.4) is 0 Å². The van der Waals surface area contributed by atoms with E-state index in [9.17, 15) is 0 Å². The molecule has 0 aliphatic heterocycles. The van der Waals surface area contributed by atoms with Crippen LogP contribution in [0.15, 0.2) is 0 Å². The van der Waals surface area contributed by atoms with Crippen molar-refractivity contribution in [3.8, 4) is 0 Å². The van der Waals surface area contributed by atoms with E-state index in [-0.39, 0.29) is 0 Å². The molecule has 6 heteroatoms. The molecule has 0 unspecified atom stereocenters. The van der Waals surface area contributed by atoms with Gasteiger partial charge in [0.2, 0.25) is 0 Å². The van der Waals surface area contributed by atoms with Gasteiger partial charge in [-0.25, -0.2) is 0 Å². The molecule has 0 radical (unpaired) electrons. The zero-order chi connectivity index (χ0) is 12.3. The molecule has 0 fully saturated rings. The molecule has 0 aliphatic rings. The molecule has 0 spiro atoms. The Morgan fingerprint density at radius 3 is 1.33 bits per heavy atom. The lowest BCUT2D eigenvalue weighted by atomic mass is 10.1. The van der Waals surface area contributed by atoms with Gasteiger partial charge in [0, 0.05) is 13.2 Å².